The zero-order valence-corrected chi connectivity index (χ0v) is 9.42. The summed E-state index contributed by atoms with van der Waals surface area (Å²) < 4.78 is 13.6. The van der Waals surface area contributed by atoms with Gasteiger partial charge in [-0.1, -0.05) is 36.4 Å². The van der Waals surface area contributed by atoms with Crippen LogP contribution in [0.4, 0.5) is 4.39 Å². The first-order valence-electron chi connectivity index (χ1n) is 4.51. The van der Waals surface area contributed by atoms with E-state index >= 15 is 0 Å². The fraction of sp³-hybridized carbons (Fsp3) is 0. The Labute approximate surface area is 102 Å². The van der Waals surface area contributed by atoms with E-state index in [0.717, 1.165) is 15.9 Å². The molecule has 0 radical (unpaired) electrons. The molecule has 3 aromatic rings. The molecule has 0 nitrogen and oxygen atoms in total. The van der Waals surface area contributed by atoms with Crippen molar-refractivity contribution >= 4 is 29.2 Å². The molecule has 0 amide bonds. The van der Waals surface area contributed by atoms with Gasteiger partial charge >= 0.3 is 18.9 Å². The molecule has 3 rings (SSSR count). The Morgan fingerprint density at radius 1 is 0.933 bits per heavy atom. The van der Waals surface area contributed by atoms with Crippen molar-refractivity contribution in [1.82, 2.24) is 0 Å². The van der Waals surface area contributed by atoms with Gasteiger partial charge in [0.05, 0.1) is 0 Å². The predicted molar refractivity (Wildman–Crippen MR) is 62.0 cm³/mol. The van der Waals surface area contributed by atoms with E-state index in [1.807, 2.05) is 24.3 Å². The van der Waals surface area contributed by atoms with Crippen molar-refractivity contribution in [2.45, 2.75) is 0 Å². The molecule has 0 saturated heterocycles. The molecule has 1 aromatic heterocycles. The number of fused-ring (bicyclic) bond motifs is 3. The molecule has 70 valence electrons. The van der Waals surface area contributed by atoms with Crippen LogP contribution < -0.4 is 18.9 Å². The van der Waals surface area contributed by atoms with Crippen molar-refractivity contribution in [2.75, 3.05) is 0 Å². The molecule has 0 aliphatic carbocycles. The smallest absolute Gasteiger partial charge is 1.00 e. The van der Waals surface area contributed by atoms with Gasteiger partial charge in [-0.15, -0.1) is 8.19 Å². The van der Waals surface area contributed by atoms with E-state index in [-0.39, 0.29) is 26.1 Å². The van der Waals surface area contributed by atoms with E-state index in [1.165, 1.54) is 11.2 Å². The van der Waals surface area contributed by atoms with Crippen LogP contribution in [0.2, 0.25) is 0 Å². The van der Waals surface area contributed by atoms with Gasteiger partial charge in [-0.25, -0.2) is 4.39 Å². The van der Waals surface area contributed by atoms with Gasteiger partial charge in [0.25, 0.3) is 0 Å². The molecule has 0 spiro atoms. The van der Waals surface area contributed by atoms with Gasteiger partial charge in [-0.05, 0) is 16.6 Å². The summed E-state index contributed by atoms with van der Waals surface area (Å²) in [6.07, 6.45) is 0. The zero-order chi connectivity index (χ0) is 9.54. The van der Waals surface area contributed by atoms with E-state index in [9.17, 15) is 4.39 Å². The molecule has 2 aromatic carbocycles. The van der Waals surface area contributed by atoms with Gasteiger partial charge in [0.2, 0.25) is 0 Å². The van der Waals surface area contributed by atoms with Crippen molar-refractivity contribution in [3.05, 3.63) is 48.3 Å². The molecule has 15 heavy (non-hydrogen) atoms. The first-order chi connectivity index (χ1) is 6.86. The molecule has 1 heterocycles. The van der Waals surface area contributed by atoms with E-state index in [2.05, 4.69) is 6.07 Å². The van der Waals surface area contributed by atoms with E-state index in [0.29, 0.717) is 8.19 Å². The quantitative estimate of drug-likeness (QED) is 0.490. The zero-order valence-electron chi connectivity index (χ0n) is 9.42. The van der Waals surface area contributed by atoms with Crippen LogP contribution in [-0.4, -0.2) is 0 Å². The van der Waals surface area contributed by atoms with Gasteiger partial charge in [-0.2, -0.15) is 0 Å². The molecule has 0 N–H and O–H groups in total. The first kappa shape index (κ1) is 10.8. The minimum atomic E-state index is -0.0973. The summed E-state index contributed by atoms with van der Waals surface area (Å²) in [5.41, 5.74) is 0. The Bertz CT molecular complexity index is 621. The van der Waals surface area contributed by atoms with Gasteiger partial charge in [0.1, 0.15) is 5.82 Å². The Hall–Kier alpha value is -0.733. The second kappa shape index (κ2) is 4.03. The summed E-state index contributed by atoms with van der Waals surface area (Å²) in [5, 5.41) is 4.26. The number of hydrogen-bond donors (Lipinski definition) is 0. The average Bonchev–Trinajstić information content (AvgIpc) is 2.57. The molecular formula is C12H9FLiP. The van der Waals surface area contributed by atoms with Crippen molar-refractivity contribution < 1.29 is 24.7 Å². The molecule has 0 aliphatic heterocycles. The third-order valence-electron chi connectivity index (χ3n) is 2.48. The maximum Gasteiger partial charge on any atom is 1.00 e. The van der Waals surface area contributed by atoms with E-state index in [4.69, 9.17) is 0 Å². The van der Waals surface area contributed by atoms with Crippen molar-refractivity contribution in [3.63, 3.8) is 0 Å². The molecule has 1 atom stereocenters. The average molecular weight is 210 g/mol. The topological polar surface area (TPSA) is 0 Å². The number of rotatable bonds is 0. The molecular weight excluding hydrogens is 201 g/mol. The fourth-order valence-electron chi connectivity index (χ4n) is 1.86. The number of halogens is 1. The van der Waals surface area contributed by atoms with Crippen LogP contribution >= 0.6 is 8.19 Å². The monoisotopic (exact) mass is 210 g/mol. The Kier molecular flexibility index (Phi) is 2.89. The summed E-state index contributed by atoms with van der Waals surface area (Å²) in [5.74, 6) is -0.0973. The third kappa shape index (κ3) is 1.62. The molecule has 0 saturated carbocycles. The second-order valence-electron chi connectivity index (χ2n) is 3.33. The maximum absolute atomic E-state index is 13.6. The number of hydrogen-bond acceptors (Lipinski definition) is 0. The summed E-state index contributed by atoms with van der Waals surface area (Å²) in [4.78, 5) is 0. The summed E-state index contributed by atoms with van der Waals surface area (Å²) in [6, 6.07) is 13.4. The molecule has 3 heteroatoms. The predicted octanol–water partition coefficient (Wildman–Crippen LogP) is 1.28. The molecule has 0 aliphatic rings. The molecule has 0 fully saturated rings. The van der Waals surface area contributed by atoms with Crippen LogP contribution in [0.15, 0.2) is 42.5 Å². The van der Waals surface area contributed by atoms with E-state index in [1.54, 1.807) is 6.07 Å². The van der Waals surface area contributed by atoms with Crippen LogP contribution in [0, 0.1) is 5.82 Å². The first-order valence-corrected chi connectivity index (χ1v) is 5.51. The molecule has 1 unspecified atom stereocenters. The Morgan fingerprint density at radius 3 is 2.53 bits per heavy atom. The van der Waals surface area contributed by atoms with Crippen LogP contribution in [0.25, 0.3) is 21.0 Å². The second-order valence-corrected chi connectivity index (χ2v) is 4.66. The minimum Gasteiger partial charge on any atom is -1.00 e. The van der Waals surface area contributed by atoms with Crippen molar-refractivity contribution in [3.8, 4) is 0 Å². The normalized spacial score (nSPS) is 11.0. The van der Waals surface area contributed by atoms with Crippen molar-refractivity contribution in [1.29, 1.82) is 0 Å². The van der Waals surface area contributed by atoms with Crippen LogP contribution in [0.1, 0.15) is 1.43 Å². The minimum absolute atomic E-state index is 0. The third-order valence-corrected chi connectivity index (χ3v) is 3.87. The van der Waals surface area contributed by atoms with Gasteiger partial charge in [0.15, 0.2) is 0 Å². The summed E-state index contributed by atoms with van der Waals surface area (Å²) >= 11 is 0. The maximum atomic E-state index is 13.6. The van der Waals surface area contributed by atoms with Gasteiger partial charge < -0.3 is 1.43 Å². The summed E-state index contributed by atoms with van der Waals surface area (Å²) in [6.45, 7) is 0. The largest absolute Gasteiger partial charge is 1.00 e. The van der Waals surface area contributed by atoms with Crippen LogP contribution in [-0.2, 0) is 0 Å². The fourth-order valence-corrected chi connectivity index (χ4v) is 3.23. The van der Waals surface area contributed by atoms with Gasteiger partial charge in [-0.3, -0.25) is 0 Å². The standard InChI is InChI=1S/C12H8FP.Li.H/c13-9-5-3-7-11-12(9)8-4-1-2-6-10(8)14-11;;/h1-7,14H;;/q;+1;-1. The Morgan fingerprint density at radius 2 is 1.67 bits per heavy atom. The number of benzene rings is 2. The molecule has 0 bridgehead atoms. The Balaban J connectivity index is 0.000000640. The SMILES string of the molecule is Fc1cccc2[pH]c3ccccc3c12.[H-].[Li+]. The van der Waals surface area contributed by atoms with Crippen LogP contribution in [0.5, 0.6) is 0 Å². The van der Waals surface area contributed by atoms with Crippen LogP contribution in [0.3, 0.4) is 0 Å². The van der Waals surface area contributed by atoms with E-state index < -0.39 is 0 Å². The van der Waals surface area contributed by atoms with Gasteiger partial charge in [0, 0.05) is 10.5 Å². The van der Waals surface area contributed by atoms with Crippen molar-refractivity contribution in [2.24, 2.45) is 0 Å². The summed E-state index contributed by atoms with van der Waals surface area (Å²) in [7, 11) is 0.607.